The summed E-state index contributed by atoms with van der Waals surface area (Å²) in [6.07, 6.45) is 0. The lowest BCUT2D eigenvalue weighted by Gasteiger charge is -2.27. The maximum Gasteiger partial charge on any atom is 0.272 e. The van der Waals surface area contributed by atoms with Crippen LogP contribution >= 0.6 is 28.3 Å². The number of carbonyl (C=O) groups excluding carboxylic acids is 1. The first kappa shape index (κ1) is 26.8. The van der Waals surface area contributed by atoms with E-state index in [4.69, 9.17) is 4.74 Å². The van der Waals surface area contributed by atoms with Crippen LogP contribution in [0, 0.1) is 18.6 Å². The first-order chi connectivity index (χ1) is 16.3. The van der Waals surface area contributed by atoms with Gasteiger partial charge in [0.05, 0.1) is 6.54 Å². The predicted molar refractivity (Wildman–Crippen MR) is 133 cm³/mol. The summed E-state index contributed by atoms with van der Waals surface area (Å²) in [7, 11) is 0. The van der Waals surface area contributed by atoms with Gasteiger partial charge in [-0.25, -0.2) is 8.78 Å². The molecule has 0 radical (unpaired) electrons. The van der Waals surface area contributed by atoms with Gasteiger partial charge in [-0.1, -0.05) is 12.1 Å². The van der Waals surface area contributed by atoms with Crippen LogP contribution < -0.4 is 15.6 Å². The van der Waals surface area contributed by atoms with Crippen molar-refractivity contribution in [2.45, 2.75) is 20.1 Å². The number of nitrogens with zero attached hydrogens (tertiary/aromatic N) is 3. The smallest absolute Gasteiger partial charge is 0.272 e. The normalized spacial score (nSPS) is 13.3. The summed E-state index contributed by atoms with van der Waals surface area (Å²) >= 11 is 3.23. The van der Waals surface area contributed by atoms with Gasteiger partial charge in [0, 0.05) is 43.4 Å². The Hall–Kier alpha value is -2.82. The number of carbonyl (C=O) groups is 1. The number of halogens is 4. The molecule has 1 N–H and O–H groups in total. The van der Waals surface area contributed by atoms with Crippen molar-refractivity contribution in [3.8, 4) is 5.88 Å². The summed E-state index contributed by atoms with van der Waals surface area (Å²) in [5.41, 5.74) is 1.22. The number of benzene rings is 2. The highest BCUT2D eigenvalue weighted by atomic mass is 79.9. The van der Waals surface area contributed by atoms with E-state index in [1.807, 2.05) is 17.0 Å². The SMILES string of the molecule is Cc1nc(OCc2ccc(F)cc2F)c(Br)c(=O)n1Cc1ccc(C(=O)N2CCNCC2)cc1.Cl. The largest absolute Gasteiger partial charge is 0.472 e. The molecule has 1 aromatic heterocycles. The van der Waals surface area contributed by atoms with Crippen molar-refractivity contribution in [3.05, 3.63) is 91.4 Å². The predicted octanol–water partition coefficient (Wildman–Crippen LogP) is 3.69. The number of aryl methyl sites for hydroxylation is 1. The quantitative estimate of drug-likeness (QED) is 0.490. The van der Waals surface area contributed by atoms with Crippen molar-refractivity contribution in [2.75, 3.05) is 26.2 Å². The van der Waals surface area contributed by atoms with Gasteiger partial charge < -0.3 is 15.0 Å². The second-order valence-corrected chi connectivity index (χ2v) is 8.73. The molecule has 1 fully saturated rings. The number of aromatic nitrogens is 2. The average Bonchev–Trinajstić information content (AvgIpc) is 2.84. The Kier molecular flexibility index (Phi) is 8.98. The first-order valence-electron chi connectivity index (χ1n) is 10.8. The van der Waals surface area contributed by atoms with E-state index in [1.54, 1.807) is 19.1 Å². The number of rotatable bonds is 6. The van der Waals surface area contributed by atoms with Gasteiger partial charge >= 0.3 is 0 Å². The summed E-state index contributed by atoms with van der Waals surface area (Å²) in [5, 5.41) is 3.22. The molecule has 35 heavy (non-hydrogen) atoms. The molecule has 0 saturated carbocycles. The van der Waals surface area contributed by atoms with Crippen molar-refractivity contribution in [1.29, 1.82) is 0 Å². The van der Waals surface area contributed by atoms with Crippen molar-refractivity contribution < 1.29 is 18.3 Å². The Morgan fingerprint density at radius 2 is 1.83 bits per heavy atom. The number of piperazine rings is 1. The van der Waals surface area contributed by atoms with E-state index < -0.39 is 11.6 Å². The van der Waals surface area contributed by atoms with E-state index in [0.29, 0.717) is 24.5 Å². The zero-order chi connectivity index (χ0) is 24.2. The van der Waals surface area contributed by atoms with Crippen LogP contribution in [0.2, 0.25) is 0 Å². The first-order valence-corrected chi connectivity index (χ1v) is 11.6. The minimum Gasteiger partial charge on any atom is -0.472 e. The number of amides is 1. The van der Waals surface area contributed by atoms with E-state index in [1.165, 1.54) is 10.6 Å². The van der Waals surface area contributed by atoms with Crippen molar-refractivity contribution in [3.63, 3.8) is 0 Å². The van der Waals surface area contributed by atoms with Gasteiger partial charge in [0.15, 0.2) is 0 Å². The molecule has 7 nitrogen and oxygen atoms in total. The third-order valence-corrected chi connectivity index (χ3v) is 6.28. The monoisotopic (exact) mass is 568 g/mol. The molecule has 0 bridgehead atoms. The summed E-state index contributed by atoms with van der Waals surface area (Å²) in [6.45, 7) is 4.64. The van der Waals surface area contributed by atoms with Gasteiger partial charge in [-0.05, 0) is 52.7 Å². The van der Waals surface area contributed by atoms with Crippen molar-refractivity contribution in [1.82, 2.24) is 19.8 Å². The molecule has 4 rings (SSSR count). The molecule has 3 aromatic rings. The zero-order valence-corrected chi connectivity index (χ0v) is 21.3. The third kappa shape index (κ3) is 6.25. The van der Waals surface area contributed by atoms with E-state index in [2.05, 4.69) is 26.2 Å². The lowest BCUT2D eigenvalue weighted by atomic mass is 10.1. The fraction of sp³-hybridized carbons (Fsp3) is 0.292. The van der Waals surface area contributed by atoms with Crippen LogP contribution in [-0.4, -0.2) is 46.5 Å². The summed E-state index contributed by atoms with van der Waals surface area (Å²) < 4.78 is 34.1. The van der Waals surface area contributed by atoms with E-state index in [9.17, 15) is 18.4 Å². The lowest BCUT2D eigenvalue weighted by molar-refractivity contribution is 0.0736. The van der Waals surface area contributed by atoms with Gasteiger partial charge in [0.1, 0.15) is 28.5 Å². The van der Waals surface area contributed by atoms with E-state index >= 15 is 0 Å². The maximum absolute atomic E-state index is 13.9. The standard InChI is InChI=1S/C24H23BrF2N4O3.ClH/c1-15-29-22(34-14-18-6-7-19(26)12-20(18)27)21(25)24(33)31(15)13-16-2-4-17(5-3-16)23(32)30-10-8-28-9-11-30;/h2-7,12,28H,8-11,13-14H2,1H3;1H. The van der Waals surface area contributed by atoms with Crippen LogP contribution in [0.1, 0.15) is 27.3 Å². The van der Waals surface area contributed by atoms with Gasteiger partial charge in [-0.2, -0.15) is 4.98 Å². The molecule has 2 heterocycles. The molecule has 0 spiro atoms. The number of hydrogen-bond donors (Lipinski definition) is 1. The topological polar surface area (TPSA) is 76.5 Å². The Labute approximate surface area is 215 Å². The van der Waals surface area contributed by atoms with Gasteiger partial charge in [-0.15, -0.1) is 12.4 Å². The Morgan fingerprint density at radius 3 is 2.49 bits per heavy atom. The van der Waals surface area contributed by atoms with Crippen LogP contribution in [-0.2, 0) is 13.2 Å². The highest BCUT2D eigenvalue weighted by Crippen LogP contribution is 2.21. The summed E-state index contributed by atoms with van der Waals surface area (Å²) in [6, 6.07) is 10.3. The number of hydrogen-bond acceptors (Lipinski definition) is 5. The molecule has 1 amide bonds. The number of nitrogens with one attached hydrogen (secondary N) is 1. The molecule has 1 aliphatic heterocycles. The molecule has 1 aliphatic rings. The van der Waals surface area contributed by atoms with Crippen LogP contribution in [0.25, 0.3) is 0 Å². The van der Waals surface area contributed by atoms with Crippen molar-refractivity contribution in [2.24, 2.45) is 0 Å². The van der Waals surface area contributed by atoms with Crippen molar-refractivity contribution >= 4 is 34.2 Å². The number of ether oxygens (including phenoxy) is 1. The Morgan fingerprint density at radius 1 is 1.14 bits per heavy atom. The Bertz CT molecular complexity index is 1260. The Balaban J connectivity index is 0.00000342. The van der Waals surface area contributed by atoms with E-state index in [0.717, 1.165) is 30.8 Å². The fourth-order valence-corrected chi connectivity index (χ4v) is 4.08. The van der Waals surface area contributed by atoms with Crippen LogP contribution in [0.4, 0.5) is 8.78 Å². The molecule has 0 atom stereocenters. The minimum atomic E-state index is -0.736. The van der Waals surface area contributed by atoms with E-state index in [-0.39, 0.29) is 52.9 Å². The van der Waals surface area contributed by atoms with Gasteiger partial charge in [0.25, 0.3) is 11.5 Å². The minimum absolute atomic E-state index is 0. The summed E-state index contributed by atoms with van der Waals surface area (Å²) in [4.78, 5) is 31.7. The molecule has 1 saturated heterocycles. The fourth-order valence-electron chi connectivity index (χ4n) is 3.67. The molecule has 186 valence electrons. The summed E-state index contributed by atoms with van der Waals surface area (Å²) in [5.74, 6) is -0.992. The highest BCUT2D eigenvalue weighted by Gasteiger charge is 2.18. The molecular formula is C24H24BrClF2N4O3. The molecular weight excluding hydrogens is 546 g/mol. The van der Waals surface area contributed by atoms with Crippen LogP contribution in [0.5, 0.6) is 5.88 Å². The van der Waals surface area contributed by atoms with Crippen LogP contribution in [0.15, 0.2) is 51.7 Å². The lowest BCUT2D eigenvalue weighted by Crippen LogP contribution is -2.46. The molecule has 11 heteroatoms. The van der Waals surface area contributed by atoms with Gasteiger partial charge in [-0.3, -0.25) is 14.2 Å². The zero-order valence-electron chi connectivity index (χ0n) is 18.9. The highest BCUT2D eigenvalue weighted by molar-refractivity contribution is 9.10. The maximum atomic E-state index is 13.9. The average molecular weight is 570 g/mol. The second-order valence-electron chi connectivity index (χ2n) is 7.93. The molecule has 0 aliphatic carbocycles. The molecule has 2 aromatic carbocycles. The molecule has 0 unspecified atom stereocenters. The van der Waals surface area contributed by atoms with Crippen LogP contribution in [0.3, 0.4) is 0 Å². The van der Waals surface area contributed by atoms with Gasteiger partial charge in [0.2, 0.25) is 5.88 Å². The third-order valence-electron chi connectivity index (χ3n) is 5.60. The second kappa shape index (κ2) is 11.7.